The first-order chi connectivity index (χ1) is 9.06. The number of nitrogens with one attached hydrogen (secondary N) is 1. The van der Waals surface area contributed by atoms with Gasteiger partial charge >= 0.3 is 0 Å². The molecule has 1 aliphatic rings. The van der Waals surface area contributed by atoms with Crippen molar-refractivity contribution < 1.29 is 9.53 Å². The third kappa shape index (κ3) is 4.14. The zero-order valence-corrected chi connectivity index (χ0v) is 11.9. The summed E-state index contributed by atoms with van der Waals surface area (Å²) in [7, 11) is 0. The van der Waals surface area contributed by atoms with E-state index in [1.165, 1.54) is 0 Å². The van der Waals surface area contributed by atoms with Crippen LogP contribution >= 0.6 is 11.6 Å². The van der Waals surface area contributed by atoms with Crippen molar-refractivity contribution in [3.63, 3.8) is 0 Å². The molecule has 0 unspecified atom stereocenters. The summed E-state index contributed by atoms with van der Waals surface area (Å²) in [4.78, 5) is 19.9. The van der Waals surface area contributed by atoms with Crippen LogP contribution in [0.5, 0.6) is 0 Å². The Labute approximate surface area is 117 Å². The van der Waals surface area contributed by atoms with E-state index >= 15 is 0 Å². The number of rotatable bonds is 5. The summed E-state index contributed by atoms with van der Waals surface area (Å²) in [5, 5.41) is 3.02. The van der Waals surface area contributed by atoms with Gasteiger partial charge in [-0.05, 0) is 38.7 Å². The van der Waals surface area contributed by atoms with Gasteiger partial charge in [-0.1, -0.05) is 11.6 Å². The summed E-state index contributed by atoms with van der Waals surface area (Å²) in [5.41, 5.74) is 0.732. The molecule has 5 nitrogen and oxygen atoms in total. The Kier molecular flexibility index (Phi) is 4.71. The predicted molar refractivity (Wildman–Crippen MR) is 73.2 cm³/mol. The Morgan fingerprint density at radius 3 is 2.89 bits per heavy atom. The van der Waals surface area contributed by atoms with Crippen LogP contribution in [0.25, 0.3) is 0 Å². The van der Waals surface area contributed by atoms with Gasteiger partial charge in [-0.25, -0.2) is 9.97 Å². The molecule has 0 atom stereocenters. The smallest absolute Gasteiger partial charge is 0.231 e. The van der Waals surface area contributed by atoms with E-state index in [4.69, 9.17) is 16.3 Å². The fourth-order valence-corrected chi connectivity index (χ4v) is 2.47. The van der Waals surface area contributed by atoms with Crippen LogP contribution in [0.15, 0.2) is 6.07 Å². The maximum absolute atomic E-state index is 11.8. The van der Waals surface area contributed by atoms with Crippen molar-refractivity contribution in [3.05, 3.63) is 16.9 Å². The largest absolute Gasteiger partial charge is 0.378 e. The molecule has 1 aromatic rings. The minimum absolute atomic E-state index is 0.0679. The monoisotopic (exact) mass is 283 g/mol. The second-order valence-electron chi connectivity index (χ2n) is 4.82. The van der Waals surface area contributed by atoms with E-state index in [-0.39, 0.29) is 11.9 Å². The number of anilines is 1. The van der Waals surface area contributed by atoms with Crippen LogP contribution in [0.3, 0.4) is 0 Å². The molecule has 1 fully saturated rings. The zero-order valence-electron chi connectivity index (χ0n) is 11.1. The lowest BCUT2D eigenvalue weighted by Gasteiger charge is -2.34. The average Bonchev–Trinajstić information content (AvgIpc) is 2.24. The van der Waals surface area contributed by atoms with Gasteiger partial charge in [0.25, 0.3) is 0 Å². The van der Waals surface area contributed by atoms with Gasteiger partial charge in [0.05, 0.1) is 6.10 Å². The van der Waals surface area contributed by atoms with E-state index in [2.05, 4.69) is 15.3 Å². The highest BCUT2D eigenvalue weighted by Crippen LogP contribution is 2.32. The lowest BCUT2D eigenvalue weighted by atomic mass is 9.80. The van der Waals surface area contributed by atoms with Crippen molar-refractivity contribution in [2.45, 2.75) is 39.2 Å². The molecule has 1 aliphatic carbocycles. The zero-order chi connectivity index (χ0) is 13.8. The Balaban J connectivity index is 1.79. The summed E-state index contributed by atoms with van der Waals surface area (Å²) in [6.45, 7) is 4.53. The molecule has 0 aliphatic heterocycles. The van der Waals surface area contributed by atoms with Gasteiger partial charge in [0.15, 0.2) is 0 Å². The van der Waals surface area contributed by atoms with E-state index in [0.29, 0.717) is 23.6 Å². The summed E-state index contributed by atoms with van der Waals surface area (Å²) in [5.74, 6) is 0.606. The summed E-state index contributed by atoms with van der Waals surface area (Å²) in [6, 6.07) is 1.65. The third-order valence-corrected chi connectivity index (χ3v) is 3.34. The van der Waals surface area contributed by atoms with Gasteiger partial charge in [0.2, 0.25) is 11.9 Å². The Bertz CT molecular complexity index is 441. The maximum Gasteiger partial charge on any atom is 0.231 e. The van der Waals surface area contributed by atoms with Gasteiger partial charge in [0.1, 0.15) is 5.15 Å². The van der Waals surface area contributed by atoms with Gasteiger partial charge < -0.3 is 4.74 Å². The molecular weight excluding hydrogens is 266 g/mol. The first kappa shape index (κ1) is 14.2. The quantitative estimate of drug-likeness (QED) is 0.844. The number of halogens is 1. The van der Waals surface area contributed by atoms with Crippen LogP contribution in [0, 0.1) is 12.8 Å². The SMILES string of the molecule is CCOC1CC(CC(=O)Nc2nc(C)cc(Cl)n2)C1. The second-order valence-corrected chi connectivity index (χ2v) is 5.21. The Morgan fingerprint density at radius 2 is 2.26 bits per heavy atom. The van der Waals surface area contributed by atoms with Gasteiger partial charge in [0, 0.05) is 18.7 Å². The molecule has 19 heavy (non-hydrogen) atoms. The topological polar surface area (TPSA) is 64.1 Å². The molecule has 0 radical (unpaired) electrons. The van der Waals surface area contributed by atoms with Crippen LogP contribution in [0.4, 0.5) is 5.95 Å². The highest BCUT2D eigenvalue weighted by Gasteiger charge is 2.31. The van der Waals surface area contributed by atoms with Crippen molar-refractivity contribution in [2.75, 3.05) is 11.9 Å². The van der Waals surface area contributed by atoms with Gasteiger partial charge in [-0.3, -0.25) is 10.1 Å². The fraction of sp³-hybridized carbons (Fsp3) is 0.615. The molecule has 6 heteroatoms. The lowest BCUT2D eigenvalue weighted by molar-refractivity contribution is -0.119. The molecule has 1 aromatic heterocycles. The number of nitrogens with zero attached hydrogens (tertiary/aromatic N) is 2. The van der Waals surface area contributed by atoms with Crippen LogP contribution in [0.1, 0.15) is 31.9 Å². The average molecular weight is 284 g/mol. The number of ether oxygens (including phenoxy) is 1. The van der Waals surface area contributed by atoms with Crippen LogP contribution in [-0.4, -0.2) is 28.6 Å². The Hall–Kier alpha value is -1.20. The highest BCUT2D eigenvalue weighted by atomic mass is 35.5. The maximum atomic E-state index is 11.8. The molecule has 2 rings (SSSR count). The van der Waals surface area contributed by atoms with E-state index in [9.17, 15) is 4.79 Å². The predicted octanol–water partition coefficient (Wildman–Crippen LogP) is 2.58. The van der Waals surface area contributed by atoms with Crippen molar-refractivity contribution >= 4 is 23.5 Å². The number of carbonyl (C=O) groups excluding carboxylic acids is 1. The third-order valence-electron chi connectivity index (χ3n) is 3.14. The lowest BCUT2D eigenvalue weighted by Crippen LogP contribution is -2.34. The number of amides is 1. The van der Waals surface area contributed by atoms with E-state index in [0.717, 1.165) is 25.1 Å². The number of carbonyl (C=O) groups is 1. The molecule has 1 amide bonds. The van der Waals surface area contributed by atoms with Crippen molar-refractivity contribution in [3.8, 4) is 0 Å². The van der Waals surface area contributed by atoms with Gasteiger partial charge in [-0.15, -0.1) is 0 Å². The Morgan fingerprint density at radius 1 is 1.53 bits per heavy atom. The molecule has 1 saturated carbocycles. The molecule has 0 spiro atoms. The second kappa shape index (κ2) is 6.30. The molecule has 0 bridgehead atoms. The molecular formula is C13H18ClN3O2. The first-order valence-electron chi connectivity index (χ1n) is 6.49. The molecule has 1 heterocycles. The summed E-state index contributed by atoms with van der Waals surface area (Å²) >= 11 is 5.81. The first-order valence-corrected chi connectivity index (χ1v) is 6.87. The number of aromatic nitrogens is 2. The van der Waals surface area contributed by atoms with Crippen molar-refractivity contribution in [2.24, 2.45) is 5.92 Å². The summed E-state index contributed by atoms with van der Waals surface area (Å²) in [6.07, 6.45) is 2.72. The molecule has 1 N–H and O–H groups in total. The van der Waals surface area contributed by atoms with E-state index in [1.807, 2.05) is 13.8 Å². The highest BCUT2D eigenvalue weighted by molar-refractivity contribution is 6.29. The van der Waals surface area contributed by atoms with Crippen LogP contribution in [0.2, 0.25) is 5.15 Å². The standard InChI is InChI=1S/C13H18ClN3O2/c1-3-19-10-5-9(6-10)7-12(18)17-13-15-8(2)4-11(14)16-13/h4,9-10H,3,5-7H2,1-2H3,(H,15,16,17,18). The van der Waals surface area contributed by atoms with Crippen molar-refractivity contribution in [1.82, 2.24) is 9.97 Å². The van der Waals surface area contributed by atoms with Crippen molar-refractivity contribution in [1.29, 1.82) is 0 Å². The molecule has 104 valence electrons. The van der Waals surface area contributed by atoms with E-state index in [1.54, 1.807) is 6.07 Å². The minimum atomic E-state index is -0.0679. The number of hydrogen-bond donors (Lipinski definition) is 1. The molecule has 0 saturated heterocycles. The summed E-state index contributed by atoms with van der Waals surface area (Å²) < 4.78 is 5.47. The minimum Gasteiger partial charge on any atom is -0.378 e. The fourth-order valence-electron chi connectivity index (χ4n) is 2.24. The number of hydrogen-bond acceptors (Lipinski definition) is 4. The molecule has 0 aromatic carbocycles. The van der Waals surface area contributed by atoms with E-state index < -0.39 is 0 Å². The van der Waals surface area contributed by atoms with Gasteiger partial charge in [-0.2, -0.15) is 0 Å². The number of aryl methyl sites for hydroxylation is 1. The normalized spacial score (nSPS) is 21.8. The van der Waals surface area contributed by atoms with Crippen LogP contribution in [-0.2, 0) is 9.53 Å². The van der Waals surface area contributed by atoms with Crippen LogP contribution < -0.4 is 5.32 Å².